The van der Waals surface area contributed by atoms with Crippen molar-refractivity contribution in [3.63, 3.8) is 0 Å². The van der Waals surface area contributed by atoms with Gasteiger partial charge in [-0.15, -0.1) is 11.3 Å². The maximum Gasteiger partial charge on any atom is 0.254 e. The zero-order chi connectivity index (χ0) is 22.9. The molecule has 0 spiro atoms. The number of nitrogens with zero attached hydrogens (tertiary/aromatic N) is 1. The second kappa shape index (κ2) is 8.90. The average molecular weight is 463 g/mol. The quantitative estimate of drug-likeness (QED) is 0.575. The van der Waals surface area contributed by atoms with Crippen molar-refractivity contribution < 1.29 is 19.1 Å². The summed E-state index contributed by atoms with van der Waals surface area (Å²) in [6, 6.07) is 16.8. The van der Waals surface area contributed by atoms with Gasteiger partial charge in [-0.25, -0.2) is 0 Å². The second-order valence-electron chi connectivity index (χ2n) is 8.78. The van der Waals surface area contributed by atoms with Crippen molar-refractivity contribution in [2.45, 2.75) is 32.4 Å². The summed E-state index contributed by atoms with van der Waals surface area (Å²) in [5, 5.41) is 5.11. The van der Waals surface area contributed by atoms with Crippen LogP contribution in [0.2, 0.25) is 0 Å². The molecule has 2 aliphatic heterocycles. The average Bonchev–Trinajstić information content (AvgIpc) is 3.50. The van der Waals surface area contributed by atoms with E-state index in [9.17, 15) is 9.59 Å². The number of ether oxygens (including phenoxy) is 2. The molecule has 0 fully saturated rings. The zero-order valence-corrected chi connectivity index (χ0v) is 19.4. The van der Waals surface area contributed by atoms with Gasteiger partial charge in [-0.1, -0.05) is 44.2 Å². The molecule has 7 heteroatoms. The first-order valence-corrected chi connectivity index (χ1v) is 12.0. The molecule has 0 saturated carbocycles. The number of carbonyl (C=O) groups excluding carboxylic acids is 2. The lowest BCUT2D eigenvalue weighted by atomic mass is 9.81. The summed E-state index contributed by atoms with van der Waals surface area (Å²) < 4.78 is 10.8. The Bertz CT molecular complexity index is 1170. The van der Waals surface area contributed by atoms with Crippen LogP contribution < -0.4 is 14.8 Å². The summed E-state index contributed by atoms with van der Waals surface area (Å²) in [5.41, 5.74) is 2.32. The van der Waals surface area contributed by atoms with Gasteiger partial charge in [0.15, 0.2) is 11.5 Å². The van der Waals surface area contributed by atoms with Crippen LogP contribution in [0.4, 0.5) is 0 Å². The lowest BCUT2D eigenvalue weighted by Gasteiger charge is -2.42. The number of fused-ring (bicyclic) bond motifs is 2. The van der Waals surface area contributed by atoms with Crippen molar-refractivity contribution >= 4 is 23.2 Å². The first-order chi connectivity index (χ1) is 16.0. The van der Waals surface area contributed by atoms with E-state index in [0.717, 1.165) is 16.0 Å². The van der Waals surface area contributed by atoms with Crippen molar-refractivity contribution in [1.82, 2.24) is 10.2 Å². The summed E-state index contributed by atoms with van der Waals surface area (Å²) in [7, 11) is 0. The summed E-state index contributed by atoms with van der Waals surface area (Å²) in [5.74, 6) is 1.07. The third-order valence-corrected chi connectivity index (χ3v) is 6.96. The molecule has 0 aliphatic carbocycles. The Morgan fingerprint density at radius 1 is 1.12 bits per heavy atom. The number of hydrogen-bond donors (Lipinski definition) is 1. The Hall–Kier alpha value is -3.32. The molecule has 170 valence electrons. The van der Waals surface area contributed by atoms with Crippen molar-refractivity contribution in [1.29, 1.82) is 0 Å². The SMILES string of the molecule is CC(C)CN1C(=O)c2ccccc2C(C(=O)NCc2ccc3c(c2)OCO3)C1c1cccs1. The highest BCUT2D eigenvalue weighted by Gasteiger charge is 2.44. The summed E-state index contributed by atoms with van der Waals surface area (Å²) in [6.45, 7) is 5.35. The van der Waals surface area contributed by atoms with Gasteiger partial charge in [-0.3, -0.25) is 9.59 Å². The van der Waals surface area contributed by atoms with Crippen molar-refractivity contribution in [3.8, 4) is 11.5 Å². The first kappa shape index (κ1) is 21.5. The monoisotopic (exact) mass is 462 g/mol. The lowest BCUT2D eigenvalue weighted by molar-refractivity contribution is -0.124. The Morgan fingerprint density at radius 2 is 1.94 bits per heavy atom. The number of carbonyl (C=O) groups is 2. The third kappa shape index (κ3) is 4.09. The molecule has 2 amide bonds. The molecule has 2 aromatic carbocycles. The fraction of sp³-hybridized carbons (Fsp3) is 0.308. The van der Waals surface area contributed by atoms with E-state index >= 15 is 0 Å². The van der Waals surface area contributed by atoms with E-state index in [0.29, 0.717) is 30.2 Å². The van der Waals surface area contributed by atoms with Gasteiger partial charge >= 0.3 is 0 Å². The summed E-state index contributed by atoms with van der Waals surface area (Å²) in [4.78, 5) is 30.1. The van der Waals surface area contributed by atoms with E-state index in [-0.39, 0.29) is 30.6 Å². The molecular formula is C26H26N2O4S. The molecule has 3 aromatic rings. The number of nitrogens with one attached hydrogen (secondary N) is 1. The van der Waals surface area contributed by atoms with E-state index < -0.39 is 5.92 Å². The van der Waals surface area contributed by atoms with Gasteiger partial charge in [0.05, 0.1) is 12.0 Å². The zero-order valence-electron chi connectivity index (χ0n) is 18.6. The highest BCUT2D eigenvalue weighted by molar-refractivity contribution is 7.10. The molecule has 33 heavy (non-hydrogen) atoms. The lowest BCUT2D eigenvalue weighted by Crippen LogP contribution is -2.48. The number of rotatable bonds is 6. The number of hydrogen-bond acceptors (Lipinski definition) is 5. The predicted molar refractivity (Wildman–Crippen MR) is 127 cm³/mol. The molecule has 1 N–H and O–H groups in total. The van der Waals surface area contributed by atoms with Gasteiger partial charge in [-0.2, -0.15) is 0 Å². The van der Waals surface area contributed by atoms with Crippen molar-refractivity contribution in [2.75, 3.05) is 13.3 Å². The fourth-order valence-corrected chi connectivity index (χ4v) is 5.47. The van der Waals surface area contributed by atoms with Crippen LogP contribution in [-0.4, -0.2) is 30.1 Å². The smallest absolute Gasteiger partial charge is 0.254 e. The molecule has 0 radical (unpaired) electrons. The van der Waals surface area contributed by atoms with Crippen LogP contribution in [-0.2, 0) is 11.3 Å². The molecule has 5 rings (SSSR count). The highest BCUT2D eigenvalue weighted by Crippen LogP contribution is 2.44. The Kier molecular flexibility index (Phi) is 5.81. The molecule has 3 heterocycles. The van der Waals surface area contributed by atoms with E-state index in [4.69, 9.17) is 9.47 Å². The van der Waals surface area contributed by atoms with Crippen LogP contribution >= 0.6 is 11.3 Å². The van der Waals surface area contributed by atoms with E-state index in [1.165, 1.54) is 0 Å². The number of benzene rings is 2. The molecule has 0 bridgehead atoms. The maximum atomic E-state index is 13.7. The topological polar surface area (TPSA) is 67.9 Å². The molecule has 1 aromatic heterocycles. The molecule has 2 aliphatic rings. The summed E-state index contributed by atoms with van der Waals surface area (Å²) >= 11 is 1.58. The van der Waals surface area contributed by atoms with Gasteiger partial charge < -0.3 is 19.7 Å². The van der Waals surface area contributed by atoms with Gasteiger partial charge in [0, 0.05) is 23.5 Å². The number of amides is 2. The van der Waals surface area contributed by atoms with Crippen molar-refractivity contribution in [3.05, 3.63) is 81.5 Å². The minimum absolute atomic E-state index is 0.0162. The van der Waals surface area contributed by atoms with Crippen molar-refractivity contribution in [2.24, 2.45) is 5.92 Å². The van der Waals surface area contributed by atoms with Gasteiger partial charge in [0.25, 0.3) is 5.91 Å². The van der Waals surface area contributed by atoms with Crippen LogP contribution in [0.25, 0.3) is 0 Å². The first-order valence-electron chi connectivity index (χ1n) is 11.1. The molecule has 2 unspecified atom stereocenters. The normalized spacial score (nSPS) is 19.0. The highest BCUT2D eigenvalue weighted by atomic mass is 32.1. The largest absolute Gasteiger partial charge is 0.454 e. The summed E-state index contributed by atoms with van der Waals surface area (Å²) in [6.07, 6.45) is 0. The van der Waals surface area contributed by atoms with Crippen LogP contribution in [0, 0.1) is 5.92 Å². The van der Waals surface area contributed by atoms with Crippen LogP contribution in [0.15, 0.2) is 60.0 Å². The van der Waals surface area contributed by atoms with E-state index in [1.54, 1.807) is 11.3 Å². The van der Waals surface area contributed by atoms with Crippen LogP contribution in [0.1, 0.15) is 52.2 Å². The second-order valence-corrected chi connectivity index (χ2v) is 9.76. The Balaban J connectivity index is 1.48. The fourth-order valence-electron chi connectivity index (χ4n) is 4.60. The third-order valence-electron chi connectivity index (χ3n) is 6.02. The maximum absolute atomic E-state index is 13.7. The standard InChI is InChI=1S/C26H26N2O4S/c1-16(2)14-28-24(22-8-5-11-33-22)23(18-6-3-4-7-19(18)26(28)30)25(29)27-13-17-9-10-20-21(12-17)32-15-31-20/h3-12,16,23-24H,13-15H2,1-2H3,(H,27,29). The van der Waals surface area contributed by atoms with Gasteiger partial charge in [0.1, 0.15) is 0 Å². The molecular weight excluding hydrogens is 436 g/mol. The van der Waals surface area contributed by atoms with Gasteiger partial charge in [0.2, 0.25) is 12.7 Å². The molecule has 2 atom stereocenters. The van der Waals surface area contributed by atoms with Gasteiger partial charge in [-0.05, 0) is 46.7 Å². The minimum Gasteiger partial charge on any atom is -0.454 e. The Labute approximate surface area is 197 Å². The van der Waals surface area contributed by atoms with Crippen LogP contribution in [0.5, 0.6) is 11.5 Å². The molecule has 0 saturated heterocycles. The van der Waals surface area contributed by atoms with Crippen LogP contribution in [0.3, 0.4) is 0 Å². The Morgan fingerprint density at radius 3 is 2.73 bits per heavy atom. The predicted octanol–water partition coefficient (Wildman–Crippen LogP) is 4.73. The number of thiophene rings is 1. The molecule has 6 nitrogen and oxygen atoms in total. The van der Waals surface area contributed by atoms with E-state index in [1.807, 2.05) is 64.9 Å². The van der Waals surface area contributed by atoms with E-state index in [2.05, 4.69) is 19.2 Å². The minimum atomic E-state index is -0.495.